The highest BCUT2D eigenvalue weighted by Crippen LogP contribution is 2.22. The van der Waals surface area contributed by atoms with Gasteiger partial charge in [-0.25, -0.2) is 0 Å². The Morgan fingerprint density at radius 1 is 1.17 bits per heavy atom. The van der Waals surface area contributed by atoms with E-state index in [-0.39, 0.29) is 5.75 Å². The van der Waals surface area contributed by atoms with Gasteiger partial charge in [-0.3, -0.25) is 5.43 Å². The molecule has 126 valence electrons. The van der Waals surface area contributed by atoms with E-state index in [9.17, 15) is 5.11 Å². The van der Waals surface area contributed by atoms with Gasteiger partial charge in [0, 0.05) is 16.3 Å². The van der Waals surface area contributed by atoms with Crippen LogP contribution in [0.15, 0.2) is 47.6 Å². The number of phenolic OH excluding ortho intramolecular Hbond substituents is 1. The lowest BCUT2D eigenvalue weighted by molar-refractivity contribution is 0.474. The molecular weight excluding hydrogens is 342 g/mol. The number of aromatic hydroxyl groups is 1. The number of phenols is 1. The normalized spacial score (nSPS) is 11.5. The first-order chi connectivity index (χ1) is 11.4. The maximum Gasteiger partial charge on any atom is 0.191 e. The van der Waals surface area contributed by atoms with Crippen molar-refractivity contribution in [3.63, 3.8) is 0 Å². The van der Waals surface area contributed by atoms with Crippen LogP contribution in [0.1, 0.15) is 37.8 Å². The van der Waals surface area contributed by atoms with Crippen molar-refractivity contribution in [3.05, 3.63) is 58.6 Å². The molecule has 0 fully saturated rings. The van der Waals surface area contributed by atoms with Gasteiger partial charge in [-0.2, -0.15) is 5.10 Å². The first-order valence-corrected chi connectivity index (χ1v) is 8.35. The molecule has 24 heavy (non-hydrogen) atoms. The van der Waals surface area contributed by atoms with Crippen LogP contribution >= 0.6 is 23.8 Å². The third kappa shape index (κ3) is 4.94. The molecular formula is C18H20ClN3OS. The molecule has 3 N–H and O–H groups in total. The van der Waals surface area contributed by atoms with E-state index in [1.807, 2.05) is 12.1 Å². The van der Waals surface area contributed by atoms with Crippen molar-refractivity contribution in [3.8, 4) is 5.75 Å². The van der Waals surface area contributed by atoms with E-state index in [2.05, 4.69) is 41.8 Å². The van der Waals surface area contributed by atoms with E-state index >= 15 is 0 Å². The average Bonchev–Trinajstić information content (AvgIpc) is 2.55. The molecule has 0 heterocycles. The van der Waals surface area contributed by atoms with Crippen molar-refractivity contribution in [2.75, 3.05) is 5.32 Å². The van der Waals surface area contributed by atoms with Gasteiger partial charge < -0.3 is 10.4 Å². The van der Waals surface area contributed by atoms with Crippen LogP contribution in [0.2, 0.25) is 5.02 Å². The summed E-state index contributed by atoms with van der Waals surface area (Å²) in [5.74, 6) is 0.604. The lowest BCUT2D eigenvalue weighted by Crippen LogP contribution is -2.25. The maximum absolute atomic E-state index is 9.86. The molecule has 0 radical (unpaired) electrons. The van der Waals surface area contributed by atoms with Crippen molar-refractivity contribution in [1.82, 2.24) is 5.43 Å². The quantitative estimate of drug-likeness (QED) is 0.412. The summed E-state index contributed by atoms with van der Waals surface area (Å²) >= 11 is 11.2. The fraction of sp³-hybridized carbons (Fsp3) is 0.222. The first-order valence-electron chi connectivity index (χ1n) is 7.57. The van der Waals surface area contributed by atoms with Crippen LogP contribution in [0.4, 0.5) is 5.69 Å². The minimum atomic E-state index is 0.116. The third-order valence-corrected chi connectivity index (χ3v) is 3.94. The number of hydrogen-bond acceptors (Lipinski definition) is 3. The second-order valence-corrected chi connectivity index (χ2v) is 6.55. The molecule has 0 unspecified atom stereocenters. The summed E-state index contributed by atoms with van der Waals surface area (Å²) in [6.45, 7) is 6.06. The van der Waals surface area contributed by atoms with E-state index in [0.717, 1.165) is 5.69 Å². The molecule has 0 spiro atoms. The Hall–Kier alpha value is -2.11. The van der Waals surface area contributed by atoms with Crippen LogP contribution in [0.25, 0.3) is 0 Å². The molecule has 0 saturated heterocycles. The second kappa shape index (κ2) is 8.13. The van der Waals surface area contributed by atoms with Gasteiger partial charge in [-0.05, 0) is 61.0 Å². The van der Waals surface area contributed by atoms with Crippen LogP contribution in [0, 0.1) is 0 Å². The molecule has 0 aromatic heterocycles. The van der Waals surface area contributed by atoms with Gasteiger partial charge in [0.1, 0.15) is 5.75 Å². The Kier molecular flexibility index (Phi) is 6.17. The lowest BCUT2D eigenvalue weighted by atomic mass is 10.0. The number of anilines is 1. The Morgan fingerprint density at radius 3 is 2.46 bits per heavy atom. The number of thiocarbonyl (C=S) groups is 1. The highest BCUT2D eigenvalue weighted by molar-refractivity contribution is 7.80. The van der Waals surface area contributed by atoms with Crippen LogP contribution in [-0.4, -0.2) is 15.9 Å². The Labute approximate surface area is 152 Å². The van der Waals surface area contributed by atoms with Crippen LogP contribution < -0.4 is 10.7 Å². The van der Waals surface area contributed by atoms with E-state index in [0.29, 0.717) is 27.3 Å². The van der Waals surface area contributed by atoms with Crippen molar-refractivity contribution >= 4 is 40.3 Å². The predicted molar refractivity (Wildman–Crippen MR) is 105 cm³/mol. The number of rotatable bonds is 4. The van der Waals surface area contributed by atoms with Crippen molar-refractivity contribution in [2.24, 2.45) is 5.10 Å². The molecule has 0 atom stereocenters. The summed E-state index contributed by atoms with van der Waals surface area (Å²) < 4.78 is 0. The smallest absolute Gasteiger partial charge is 0.191 e. The third-order valence-electron chi connectivity index (χ3n) is 3.51. The van der Waals surface area contributed by atoms with Gasteiger partial charge in [-0.15, -0.1) is 0 Å². The van der Waals surface area contributed by atoms with E-state index in [4.69, 9.17) is 23.8 Å². The van der Waals surface area contributed by atoms with Gasteiger partial charge in [0.2, 0.25) is 0 Å². The zero-order chi connectivity index (χ0) is 17.7. The lowest BCUT2D eigenvalue weighted by Gasteiger charge is -2.10. The fourth-order valence-corrected chi connectivity index (χ4v) is 2.44. The summed E-state index contributed by atoms with van der Waals surface area (Å²) in [6, 6.07) is 12.9. The number of halogens is 1. The second-order valence-electron chi connectivity index (χ2n) is 5.70. The molecule has 0 bridgehead atoms. The predicted octanol–water partition coefficient (Wildman–Crippen LogP) is 4.88. The number of nitrogens with one attached hydrogen (secondary N) is 2. The molecule has 4 nitrogen and oxygen atoms in total. The maximum atomic E-state index is 9.86. The SMILES string of the molecule is C/C(=N\NC(=S)Nc1ccc(C(C)C)cc1)c1cc(Cl)ccc1O. The topological polar surface area (TPSA) is 56.7 Å². The number of hydrogen-bond donors (Lipinski definition) is 3. The van der Waals surface area contributed by atoms with Gasteiger partial charge in [0.15, 0.2) is 5.11 Å². The summed E-state index contributed by atoms with van der Waals surface area (Å²) in [4.78, 5) is 0. The number of benzene rings is 2. The van der Waals surface area contributed by atoms with Crippen molar-refractivity contribution in [1.29, 1.82) is 0 Å². The van der Waals surface area contributed by atoms with Crippen molar-refractivity contribution in [2.45, 2.75) is 26.7 Å². The highest BCUT2D eigenvalue weighted by atomic mass is 35.5. The minimum absolute atomic E-state index is 0.116. The molecule has 0 amide bonds. The average molecular weight is 362 g/mol. The zero-order valence-corrected chi connectivity index (χ0v) is 15.4. The largest absolute Gasteiger partial charge is 0.507 e. The van der Waals surface area contributed by atoms with Gasteiger partial charge in [0.25, 0.3) is 0 Å². The first kappa shape index (κ1) is 18.2. The summed E-state index contributed by atoms with van der Waals surface area (Å²) in [5.41, 5.74) is 6.05. The van der Waals surface area contributed by atoms with Crippen molar-refractivity contribution < 1.29 is 5.11 Å². The van der Waals surface area contributed by atoms with E-state index in [1.54, 1.807) is 19.1 Å². The van der Waals surface area contributed by atoms with E-state index in [1.165, 1.54) is 11.6 Å². The Bertz CT molecular complexity index is 757. The van der Waals surface area contributed by atoms with E-state index < -0.39 is 0 Å². The van der Waals surface area contributed by atoms with Gasteiger partial charge in [-0.1, -0.05) is 37.6 Å². The molecule has 2 aromatic rings. The van der Waals surface area contributed by atoms with Gasteiger partial charge in [0.05, 0.1) is 5.71 Å². The molecule has 0 aliphatic heterocycles. The molecule has 0 saturated carbocycles. The minimum Gasteiger partial charge on any atom is -0.507 e. The summed E-state index contributed by atoms with van der Waals surface area (Å²) in [5, 5.41) is 18.0. The molecule has 6 heteroatoms. The number of hydrazone groups is 1. The molecule has 0 aliphatic carbocycles. The molecule has 0 aliphatic rings. The standard InChI is InChI=1S/C18H20ClN3OS/c1-11(2)13-4-7-15(8-5-13)20-18(24)22-21-12(3)16-10-14(19)6-9-17(16)23/h4-11,23H,1-3H3,(H2,20,22,24)/b21-12+. The van der Waals surface area contributed by atoms with Gasteiger partial charge >= 0.3 is 0 Å². The van der Waals surface area contributed by atoms with Crippen LogP contribution in [0.5, 0.6) is 5.75 Å². The number of nitrogens with zero attached hydrogens (tertiary/aromatic N) is 1. The fourth-order valence-electron chi connectivity index (χ4n) is 2.10. The Balaban J connectivity index is 2.00. The monoisotopic (exact) mass is 361 g/mol. The van der Waals surface area contributed by atoms with Crippen LogP contribution in [0.3, 0.4) is 0 Å². The van der Waals surface area contributed by atoms with Crippen LogP contribution in [-0.2, 0) is 0 Å². The molecule has 2 aromatic carbocycles. The highest BCUT2D eigenvalue weighted by Gasteiger charge is 2.06. The summed E-state index contributed by atoms with van der Waals surface area (Å²) in [7, 11) is 0. The zero-order valence-electron chi connectivity index (χ0n) is 13.8. The Morgan fingerprint density at radius 2 is 1.83 bits per heavy atom. The molecule has 2 rings (SSSR count). The summed E-state index contributed by atoms with van der Waals surface area (Å²) in [6.07, 6.45) is 0.